The van der Waals surface area contributed by atoms with Gasteiger partial charge in [0.2, 0.25) is 5.88 Å². The van der Waals surface area contributed by atoms with E-state index in [0.29, 0.717) is 11.4 Å². The fourth-order valence-corrected chi connectivity index (χ4v) is 1.24. The molecule has 1 atom stereocenters. The van der Waals surface area contributed by atoms with E-state index in [1.165, 1.54) is 6.20 Å². The third kappa shape index (κ3) is 4.71. The third-order valence-electron chi connectivity index (χ3n) is 2.06. The van der Waals surface area contributed by atoms with E-state index in [4.69, 9.17) is 9.84 Å². The number of aliphatic hydroxyl groups excluding tert-OH is 1. The van der Waals surface area contributed by atoms with Crippen LogP contribution in [0, 0.1) is 0 Å². The molecule has 1 heterocycles. The summed E-state index contributed by atoms with van der Waals surface area (Å²) in [4.78, 5) is 15.8. The van der Waals surface area contributed by atoms with Crippen molar-refractivity contribution in [1.29, 1.82) is 0 Å². The van der Waals surface area contributed by atoms with E-state index in [2.05, 4.69) is 10.3 Å². The lowest BCUT2D eigenvalue weighted by atomic mass is 10.2. The fourth-order valence-electron chi connectivity index (χ4n) is 1.24. The molecule has 2 N–H and O–H groups in total. The van der Waals surface area contributed by atoms with Gasteiger partial charge in [-0.25, -0.2) is 4.98 Å². The number of amides is 1. The maximum absolute atomic E-state index is 11.7. The quantitative estimate of drug-likeness (QED) is 0.849. The summed E-state index contributed by atoms with van der Waals surface area (Å²) >= 11 is 0. The number of nitrogens with one attached hydrogen (secondary N) is 1. The highest BCUT2D eigenvalue weighted by Crippen LogP contribution is 2.15. The van der Waals surface area contributed by atoms with Crippen molar-refractivity contribution < 1.29 is 14.6 Å². The second kappa shape index (κ2) is 5.82. The summed E-state index contributed by atoms with van der Waals surface area (Å²) in [6.45, 7) is 7.42. The summed E-state index contributed by atoms with van der Waals surface area (Å²) in [5.41, 5.74) is 0.124. The van der Waals surface area contributed by atoms with E-state index in [1.807, 2.05) is 20.8 Å². The van der Waals surface area contributed by atoms with Crippen LogP contribution in [0.4, 0.5) is 0 Å². The molecule has 0 bridgehead atoms. The molecule has 0 aliphatic heterocycles. The lowest BCUT2D eigenvalue weighted by molar-refractivity contribution is 0.0921. The van der Waals surface area contributed by atoms with Crippen molar-refractivity contribution in [2.75, 3.05) is 6.61 Å². The van der Waals surface area contributed by atoms with Gasteiger partial charge < -0.3 is 15.2 Å². The normalized spacial score (nSPS) is 12.9. The van der Waals surface area contributed by atoms with Crippen LogP contribution in [-0.2, 0) is 0 Å². The zero-order valence-corrected chi connectivity index (χ0v) is 11.2. The number of ether oxygens (including phenoxy) is 1. The van der Waals surface area contributed by atoms with Crippen molar-refractivity contribution in [2.45, 2.75) is 39.3 Å². The van der Waals surface area contributed by atoms with Gasteiger partial charge in [0.05, 0.1) is 12.2 Å². The highest BCUT2D eigenvalue weighted by molar-refractivity contribution is 5.94. The van der Waals surface area contributed by atoms with Gasteiger partial charge in [0, 0.05) is 18.3 Å². The number of aromatic nitrogens is 1. The average molecular weight is 252 g/mol. The average Bonchev–Trinajstić information content (AvgIpc) is 2.27. The molecule has 1 rings (SSSR count). The molecular formula is C13H20N2O3. The van der Waals surface area contributed by atoms with Crippen molar-refractivity contribution >= 4 is 5.91 Å². The molecular weight excluding hydrogens is 232 g/mol. The van der Waals surface area contributed by atoms with Crippen LogP contribution >= 0.6 is 0 Å². The molecule has 0 aromatic carbocycles. The summed E-state index contributed by atoms with van der Waals surface area (Å²) in [5, 5.41) is 11.5. The first-order valence-corrected chi connectivity index (χ1v) is 5.88. The van der Waals surface area contributed by atoms with Gasteiger partial charge in [-0.2, -0.15) is 0 Å². The maximum Gasteiger partial charge on any atom is 0.253 e. The standard InChI is InChI=1S/C13H20N2O3/c1-9(8-16)15-12(17)10-5-6-11(14-7-10)18-13(2,3)4/h5-7,9,16H,8H2,1-4H3,(H,15,17)/t9-/m0/s1. The van der Waals surface area contributed by atoms with Gasteiger partial charge in [-0.3, -0.25) is 4.79 Å². The van der Waals surface area contributed by atoms with Gasteiger partial charge in [-0.15, -0.1) is 0 Å². The minimum Gasteiger partial charge on any atom is -0.472 e. The van der Waals surface area contributed by atoms with Crippen molar-refractivity contribution in [3.05, 3.63) is 23.9 Å². The van der Waals surface area contributed by atoms with Gasteiger partial charge >= 0.3 is 0 Å². The molecule has 1 aromatic rings. The molecule has 0 saturated heterocycles. The van der Waals surface area contributed by atoms with Gasteiger partial charge in [0.25, 0.3) is 5.91 Å². The molecule has 1 amide bonds. The molecule has 0 fully saturated rings. The fraction of sp³-hybridized carbons (Fsp3) is 0.538. The number of carbonyl (C=O) groups excluding carboxylic acids is 1. The van der Waals surface area contributed by atoms with E-state index in [0.717, 1.165) is 0 Å². The first kappa shape index (κ1) is 14.4. The van der Waals surface area contributed by atoms with E-state index in [1.54, 1.807) is 19.1 Å². The summed E-state index contributed by atoms with van der Waals surface area (Å²) in [6.07, 6.45) is 1.46. The van der Waals surface area contributed by atoms with Crippen molar-refractivity contribution in [3.8, 4) is 5.88 Å². The van der Waals surface area contributed by atoms with E-state index in [9.17, 15) is 4.79 Å². The Morgan fingerprint density at radius 1 is 1.50 bits per heavy atom. The number of nitrogens with zero attached hydrogens (tertiary/aromatic N) is 1. The molecule has 1 aromatic heterocycles. The van der Waals surface area contributed by atoms with E-state index < -0.39 is 0 Å². The van der Waals surface area contributed by atoms with Crippen LogP contribution in [0.15, 0.2) is 18.3 Å². The molecule has 100 valence electrons. The highest BCUT2D eigenvalue weighted by Gasteiger charge is 2.14. The number of hydrogen-bond donors (Lipinski definition) is 2. The number of rotatable bonds is 4. The lowest BCUT2D eigenvalue weighted by Crippen LogP contribution is -2.35. The molecule has 0 spiro atoms. The Kier molecular flexibility index (Phi) is 4.67. The number of pyridine rings is 1. The Balaban J connectivity index is 2.68. The Labute approximate surface area is 107 Å². The summed E-state index contributed by atoms with van der Waals surface area (Å²) in [6, 6.07) is 3.03. The Bertz CT molecular complexity index is 396. The first-order chi connectivity index (χ1) is 8.31. The first-order valence-electron chi connectivity index (χ1n) is 5.88. The Morgan fingerprint density at radius 3 is 2.61 bits per heavy atom. The number of hydrogen-bond acceptors (Lipinski definition) is 4. The van der Waals surface area contributed by atoms with Crippen molar-refractivity contribution in [3.63, 3.8) is 0 Å². The van der Waals surface area contributed by atoms with Crippen LogP contribution in [0.2, 0.25) is 0 Å². The Morgan fingerprint density at radius 2 is 2.17 bits per heavy atom. The van der Waals surface area contributed by atoms with Crippen molar-refractivity contribution in [1.82, 2.24) is 10.3 Å². The monoisotopic (exact) mass is 252 g/mol. The largest absolute Gasteiger partial charge is 0.472 e. The van der Waals surface area contributed by atoms with Crippen molar-refractivity contribution in [2.24, 2.45) is 0 Å². The molecule has 0 unspecified atom stereocenters. The van der Waals surface area contributed by atoms with Crippen LogP contribution in [-0.4, -0.2) is 34.2 Å². The molecule has 0 aliphatic rings. The minimum atomic E-state index is -0.317. The summed E-state index contributed by atoms with van der Waals surface area (Å²) < 4.78 is 5.56. The SMILES string of the molecule is C[C@@H](CO)NC(=O)c1ccc(OC(C)(C)C)nc1. The lowest BCUT2D eigenvalue weighted by Gasteiger charge is -2.20. The minimum absolute atomic E-state index is 0.0929. The molecule has 5 heteroatoms. The summed E-state index contributed by atoms with van der Waals surface area (Å²) in [5.74, 6) is 0.223. The molecule has 0 aliphatic carbocycles. The van der Waals surface area contributed by atoms with Crippen LogP contribution in [0.3, 0.4) is 0 Å². The molecule has 5 nitrogen and oxygen atoms in total. The van der Waals surface area contributed by atoms with Gasteiger partial charge in [0.1, 0.15) is 5.60 Å². The summed E-state index contributed by atoms with van der Waals surface area (Å²) in [7, 11) is 0. The van der Waals surface area contributed by atoms with E-state index >= 15 is 0 Å². The van der Waals surface area contributed by atoms with Gasteiger partial charge in [-0.05, 0) is 33.8 Å². The topological polar surface area (TPSA) is 71.5 Å². The predicted octanol–water partition coefficient (Wildman–Crippen LogP) is 1.37. The van der Waals surface area contributed by atoms with Gasteiger partial charge in [-0.1, -0.05) is 0 Å². The highest BCUT2D eigenvalue weighted by atomic mass is 16.5. The van der Waals surface area contributed by atoms with Crippen LogP contribution < -0.4 is 10.1 Å². The number of aliphatic hydroxyl groups is 1. The van der Waals surface area contributed by atoms with Crippen LogP contribution in [0.5, 0.6) is 5.88 Å². The second-order valence-corrected chi connectivity index (χ2v) is 5.16. The zero-order chi connectivity index (χ0) is 13.8. The maximum atomic E-state index is 11.7. The van der Waals surface area contributed by atoms with Gasteiger partial charge in [0.15, 0.2) is 0 Å². The van der Waals surface area contributed by atoms with Crippen LogP contribution in [0.1, 0.15) is 38.1 Å². The number of carbonyl (C=O) groups is 1. The zero-order valence-electron chi connectivity index (χ0n) is 11.2. The molecule has 0 radical (unpaired) electrons. The smallest absolute Gasteiger partial charge is 0.253 e. The van der Waals surface area contributed by atoms with E-state index in [-0.39, 0.29) is 24.2 Å². The van der Waals surface area contributed by atoms with Crippen LogP contribution in [0.25, 0.3) is 0 Å². The molecule has 18 heavy (non-hydrogen) atoms. The third-order valence-corrected chi connectivity index (χ3v) is 2.06. The molecule has 0 saturated carbocycles. The predicted molar refractivity (Wildman–Crippen MR) is 68.6 cm³/mol. The second-order valence-electron chi connectivity index (χ2n) is 5.16. The Hall–Kier alpha value is -1.62.